The third-order valence-corrected chi connectivity index (χ3v) is 3.62. The lowest BCUT2D eigenvalue weighted by atomic mass is 10.1. The molecule has 1 aromatic heterocycles. The Labute approximate surface area is 122 Å². The number of methoxy groups -OCH3 is 1. The van der Waals surface area contributed by atoms with Gasteiger partial charge in [-0.05, 0) is 12.0 Å². The number of aryl methyl sites for hydroxylation is 1. The van der Waals surface area contributed by atoms with Crippen molar-refractivity contribution in [3.63, 3.8) is 0 Å². The summed E-state index contributed by atoms with van der Waals surface area (Å²) in [6.07, 6.45) is 1.88. The molecule has 0 saturated carbocycles. The van der Waals surface area contributed by atoms with E-state index in [9.17, 15) is 4.79 Å². The fourth-order valence-corrected chi connectivity index (χ4v) is 2.42. The van der Waals surface area contributed by atoms with Crippen LogP contribution in [-0.4, -0.2) is 29.8 Å². The van der Waals surface area contributed by atoms with Crippen molar-refractivity contribution in [2.45, 2.75) is 19.3 Å². The zero-order valence-corrected chi connectivity index (χ0v) is 12.2. The molecule has 0 aliphatic rings. The predicted octanol–water partition coefficient (Wildman–Crippen LogP) is 2.30. The molecule has 2 rings (SSSR count). The van der Waals surface area contributed by atoms with E-state index in [1.165, 1.54) is 11.3 Å². The summed E-state index contributed by atoms with van der Waals surface area (Å²) in [6, 6.07) is 9.94. The van der Waals surface area contributed by atoms with Crippen LogP contribution in [-0.2, 0) is 22.4 Å². The lowest BCUT2D eigenvalue weighted by Gasteiger charge is -2.01. The van der Waals surface area contributed by atoms with Gasteiger partial charge in [0.1, 0.15) is 5.01 Å². The van der Waals surface area contributed by atoms with Crippen LogP contribution in [0.4, 0.5) is 5.13 Å². The zero-order chi connectivity index (χ0) is 14.2. The second-order valence-electron chi connectivity index (χ2n) is 4.28. The summed E-state index contributed by atoms with van der Waals surface area (Å²) in [4.78, 5) is 11.8. The largest absolute Gasteiger partial charge is 0.384 e. The van der Waals surface area contributed by atoms with Crippen LogP contribution >= 0.6 is 11.3 Å². The standard InChI is InChI=1S/C14H17N3O2S/c1-19-10-9-13-16-17-14(20-13)15-12(18)8-7-11-5-3-2-4-6-11/h2-6H,7-10H2,1H3,(H,15,17,18). The van der Waals surface area contributed by atoms with Crippen LogP contribution in [0, 0.1) is 0 Å². The number of amides is 1. The van der Waals surface area contributed by atoms with Crippen LogP contribution in [0.2, 0.25) is 0 Å². The summed E-state index contributed by atoms with van der Waals surface area (Å²) in [5.41, 5.74) is 1.15. The van der Waals surface area contributed by atoms with Crippen LogP contribution < -0.4 is 5.32 Å². The average molecular weight is 291 g/mol. The maximum Gasteiger partial charge on any atom is 0.226 e. The Balaban J connectivity index is 1.78. The molecule has 0 aliphatic heterocycles. The number of carbonyl (C=O) groups is 1. The first-order valence-electron chi connectivity index (χ1n) is 6.43. The van der Waals surface area contributed by atoms with Gasteiger partial charge in [0.25, 0.3) is 0 Å². The Morgan fingerprint density at radius 3 is 2.80 bits per heavy atom. The molecule has 5 nitrogen and oxygen atoms in total. The molecule has 1 aromatic carbocycles. The van der Waals surface area contributed by atoms with Gasteiger partial charge in [0.05, 0.1) is 6.61 Å². The zero-order valence-electron chi connectivity index (χ0n) is 11.3. The van der Waals surface area contributed by atoms with Crippen molar-refractivity contribution >= 4 is 22.4 Å². The second kappa shape index (κ2) is 7.72. The summed E-state index contributed by atoms with van der Waals surface area (Å²) in [6.45, 7) is 0.608. The van der Waals surface area contributed by atoms with E-state index in [0.717, 1.165) is 17.0 Å². The lowest BCUT2D eigenvalue weighted by Crippen LogP contribution is -2.12. The number of hydrogen-bond donors (Lipinski definition) is 1. The second-order valence-corrected chi connectivity index (χ2v) is 5.34. The average Bonchev–Trinajstić information content (AvgIpc) is 2.91. The molecule has 20 heavy (non-hydrogen) atoms. The van der Waals surface area contributed by atoms with E-state index in [2.05, 4.69) is 15.5 Å². The SMILES string of the molecule is COCCc1nnc(NC(=O)CCc2ccccc2)s1. The number of ether oxygens (including phenoxy) is 1. The van der Waals surface area contributed by atoms with Gasteiger partial charge in [0, 0.05) is 20.0 Å². The minimum absolute atomic E-state index is 0.0386. The van der Waals surface area contributed by atoms with Crippen molar-refractivity contribution in [2.75, 3.05) is 19.0 Å². The molecular weight excluding hydrogens is 274 g/mol. The summed E-state index contributed by atoms with van der Waals surface area (Å²) >= 11 is 1.39. The maximum absolute atomic E-state index is 11.8. The number of rotatable bonds is 7. The van der Waals surface area contributed by atoms with Crippen LogP contribution in [0.3, 0.4) is 0 Å². The molecule has 6 heteroatoms. The van der Waals surface area contributed by atoms with Gasteiger partial charge in [0.15, 0.2) is 0 Å². The van der Waals surface area contributed by atoms with Gasteiger partial charge in [-0.2, -0.15) is 0 Å². The molecule has 0 atom stereocenters. The number of carbonyl (C=O) groups excluding carboxylic acids is 1. The first-order valence-corrected chi connectivity index (χ1v) is 7.24. The lowest BCUT2D eigenvalue weighted by molar-refractivity contribution is -0.116. The van der Waals surface area contributed by atoms with E-state index < -0.39 is 0 Å². The van der Waals surface area contributed by atoms with Gasteiger partial charge < -0.3 is 10.1 Å². The van der Waals surface area contributed by atoms with E-state index in [1.54, 1.807) is 7.11 Å². The Hall–Kier alpha value is -1.79. The highest BCUT2D eigenvalue weighted by molar-refractivity contribution is 7.15. The number of nitrogens with zero attached hydrogens (tertiary/aromatic N) is 2. The van der Waals surface area contributed by atoms with Gasteiger partial charge in [-0.1, -0.05) is 41.7 Å². The van der Waals surface area contributed by atoms with Gasteiger partial charge in [-0.25, -0.2) is 0 Å². The number of aromatic nitrogens is 2. The van der Waals surface area contributed by atoms with Gasteiger partial charge in [-0.15, -0.1) is 10.2 Å². The van der Waals surface area contributed by atoms with E-state index >= 15 is 0 Å². The normalized spacial score (nSPS) is 10.4. The molecule has 0 fully saturated rings. The maximum atomic E-state index is 11.8. The predicted molar refractivity (Wildman–Crippen MR) is 78.9 cm³/mol. The van der Waals surface area contributed by atoms with Crippen molar-refractivity contribution in [3.05, 3.63) is 40.9 Å². The summed E-state index contributed by atoms with van der Waals surface area (Å²) in [5.74, 6) is -0.0386. The molecule has 1 heterocycles. The minimum Gasteiger partial charge on any atom is -0.384 e. The smallest absolute Gasteiger partial charge is 0.226 e. The van der Waals surface area contributed by atoms with Gasteiger partial charge >= 0.3 is 0 Å². The van der Waals surface area contributed by atoms with Crippen molar-refractivity contribution < 1.29 is 9.53 Å². The number of nitrogens with one attached hydrogen (secondary N) is 1. The molecule has 1 N–H and O–H groups in total. The Bertz CT molecular complexity index is 542. The molecule has 2 aromatic rings. The molecule has 1 amide bonds. The van der Waals surface area contributed by atoms with Crippen LogP contribution in [0.15, 0.2) is 30.3 Å². The molecule has 0 unspecified atom stereocenters. The summed E-state index contributed by atoms with van der Waals surface area (Å²) in [7, 11) is 1.65. The number of benzene rings is 1. The molecule has 0 radical (unpaired) electrons. The molecule has 0 aliphatic carbocycles. The monoisotopic (exact) mass is 291 g/mol. The highest BCUT2D eigenvalue weighted by atomic mass is 32.1. The minimum atomic E-state index is -0.0386. The quantitative estimate of drug-likeness (QED) is 0.850. The topological polar surface area (TPSA) is 64.1 Å². The third-order valence-electron chi connectivity index (χ3n) is 2.72. The Kier molecular flexibility index (Phi) is 5.64. The summed E-state index contributed by atoms with van der Waals surface area (Å²) in [5, 5.41) is 12.1. The Morgan fingerprint density at radius 1 is 1.25 bits per heavy atom. The van der Waals surface area contributed by atoms with Crippen molar-refractivity contribution in [1.82, 2.24) is 10.2 Å². The first-order chi connectivity index (χ1) is 9.78. The summed E-state index contributed by atoms with van der Waals surface area (Å²) < 4.78 is 4.98. The molecule has 0 bridgehead atoms. The van der Waals surface area contributed by atoms with E-state index in [0.29, 0.717) is 24.6 Å². The van der Waals surface area contributed by atoms with Gasteiger partial charge in [-0.3, -0.25) is 4.79 Å². The third kappa shape index (κ3) is 4.71. The molecule has 106 valence electrons. The van der Waals surface area contributed by atoms with E-state index in [4.69, 9.17) is 4.74 Å². The van der Waals surface area contributed by atoms with Crippen LogP contribution in [0.1, 0.15) is 17.0 Å². The van der Waals surface area contributed by atoms with E-state index in [-0.39, 0.29) is 5.91 Å². The fraction of sp³-hybridized carbons (Fsp3) is 0.357. The van der Waals surface area contributed by atoms with Crippen molar-refractivity contribution in [1.29, 1.82) is 0 Å². The van der Waals surface area contributed by atoms with Crippen LogP contribution in [0.25, 0.3) is 0 Å². The molecule has 0 saturated heterocycles. The highest BCUT2D eigenvalue weighted by Gasteiger charge is 2.08. The van der Waals surface area contributed by atoms with Crippen LogP contribution in [0.5, 0.6) is 0 Å². The molecule has 0 spiro atoms. The molecular formula is C14H17N3O2S. The van der Waals surface area contributed by atoms with Crippen molar-refractivity contribution in [2.24, 2.45) is 0 Å². The highest BCUT2D eigenvalue weighted by Crippen LogP contribution is 2.16. The number of hydrogen-bond acceptors (Lipinski definition) is 5. The number of anilines is 1. The Morgan fingerprint density at radius 2 is 2.05 bits per heavy atom. The van der Waals surface area contributed by atoms with Gasteiger partial charge in [0.2, 0.25) is 11.0 Å². The fourth-order valence-electron chi connectivity index (χ4n) is 1.68. The van der Waals surface area contributed by atoms with Crippen molar-refractivity contribution in [3.8, 4) is 0 Å². The van der Waals surface area contributed by atoms with E-state index in [1.807, 2.05) is 30.3 Å². The first kappa shape index (κ1) is 14.6.